The molecule has 0 saturated carbocycles. The number of rotatable bonds is 7. The highest BCUT2D eigenvalue weighted by Crippen LogP contribution is 2.37. The largest absolute Gasteiger partial charge is 0.707 e. The summed E-state index contributed by atoms with van der Waals surface area (Å²) < 4.78 is 38.6. The second kappa shape index (κ2) is 8.22. The molecule has 10 heteroatoms. The van der Waals surface area contributed by atoms with Crippen LogP contribution in [0.15, 0.2) is 29.2 Å². The lowest BCUT2D eigenvalue weighted by atomic mass is 10.2. The summed E-state index contributed by atoms with van der Waals surface area (Å²) in [5, 5.41) is 17.7. The van der Waals surface area contributed by atoms with Crippen LogP contribution in [0.4, 0.5) is 0 Å². The van der Waals surface area contributed by atoms with Gasteiger partial charge in [0.15, 0.2) is 8.32 Å². The Hall–Kier alpha value is -0.908. The molecule has 0 amide bonds. The first-order valence-corrected chi connectivity index (χ1v) is 13.5. The third-order valence-electron chi connectivity index (χ3n) is 5.44. The van der Waals surface area contributed by atoms with Gasteiger partial charge >= 0.3 is 7.32 Å². The molecular weight excluding hydrogens is 385 g/mol. The van der Waals surface area contributed by atoms with Crippen LogP contribution in [0.25, 0.3) is 0 Å². The molecule has 1 aliphatic heterocycles. The SMILES string of the molecule is CC(C)(C)[Si](C)(C)OC[C@H]1CCCN1S(=O)(=O)c1ccc(OB(O)O)cc1. The van der Waals surface area contributed by atoms with Gasteiger partial charge < -0.3 is 19.1 Å². The van der Waals surface area contributed by atoms with Gasteiger partial charge in [-0.1, -0.05) is 20.8 Å². The molecule has 0 aromatic heterocycles. The summed E-state index contributed by atoms with van der Waals surface area (Å²) in [5.74, 6) is 0.184. The van der Waals surface area contributed by atoms with Crippen molar-refractivity contribution in [2.45, 2.75) is 62.7 Å². The van der Waals surface area contributed by atoms with Gasteiger partial charge in [0.05, 0.1) is 11.5 Å². The Morgan fingerprint density at radius 1 is 1.22 bits per heavy atom. The summed E-state index contributed by atoms with van der Waals surface area (Å²) in [6, 6.07) is 5.47. The van der Waals surface area contributed by atoms with Crippen molar-refractivity contribution in [3.63, 3.8) is 0 Å². The summed E-state index contributed by atoms with van der Waals surface area (Å²) in [6.45, 7) is 11.7. The Morgan fingerprint density at radius 2 is 1.81 bits per heavy atom. The first kappa shape index (κ1) is 22.4. The van der Waals surface area contributed by atoms with Crippen molar-refractivity contribution < 1.29 is 27.5 Å². The number of sulfonamides is 1. The summed E-state index contributed by atoms with van der Waals surface area (Å²) in [7, 11) is -7.54. The maximum absolute atomic E-state index is 13.0. The van der Waals surface area contributed by atoms with Gasteiger partial charge in [-0.3, -0.25) is 0 Å². The van der Waals surface area contributed by atoms with E-state index in [1.54, 1.807) is 0 Å². The molecule has 27 heavy (non-hydrogen) atoms. The number of hydrogen-bond acceptors (Lipinski definition) is 6. The average Bonchev–Trinajstić information content (AvgIpc) is 3.01. The van der Waals surface area contributed by atoms with Crippen LogP contribution in [0.5, 0.6) is 5.75 Å². The minimum atomic E-state index is -3.65. The first-order chi connectivity index (χ1) is 12.3. The monoisotopic (exact) mass is 415 g/mol. The normalized spacial score (nSPS) is 19.3. The highest BCUT2D eigenvalue weighted by atomic mass is 32.2. The molecule has 0 unspecified atom stereocenters. The molecule has 0 spiro atoms. The van der Waals surface area contributed by atoms with E-state index in [9.17, 15) is 8.42 Å². The van der Waals surface area contributed by atoms with Crippen LogP contribution in [-0.2, 0) is 14.4 Å². The van der Waals surface area contributed by atoms with E-state index in [1.165, 1.54) is 28.6 Å². The average molecular weight is 415 g/mol. The Labute approximate surface area is 163 Å². The third kappa shape index (κ3) is 5.33. The van der Waals surface area contributed by atoms with Gasteiger partial charge in [-0.25, -0.2) is 8.42 Å². The van der Waals surface area contributed by atoms with Crippen molar-refractivity contribution in [2.75, 3.05) is 13.2 Å². The fourth-order valence-electron chi connectivity index (χ4n) is 2.76. The van der Waals surface area contributed by atoms with Crippen LogP contribution >= 0.6 is 0 Å². The lowest BCUT2D eigenvalue weighted by Crippen LogP contribution is -2.45. The molecular formula is C17H30BNO6SSi. The van der Waals surface area contributed by atoms with E-state index in [-0.39, 0.29) is 21.7 Å². The minimum Gasteiger partial charge on any atom is -0.512 e. The van der Waals surface area contributed by atoms with Gasteiger partial charge in [-0.15, -0.1) is 0 Å². The molecule has 1 aromatic carbocycles. The Morgan fingerprint density at radius 3 is 2.33 bits per heavy atom. The lowest BCUT2D eigenvalue weighted by Gasteiger charge is -2.37. The highest BCUT2D eigenvalue weighted by Gasteiger charge is 2.40. The molecule has 1 fully saturated rings. The third-order valence-corrected chi connectivity index (χ3v) is 11.9. The topological polar surface area (TPSA) is 96.3 Å². The van der Waals surface area contributed by atoms with Gasteiger partial charge in [0, 0.05) is 12.6 Å². The molecule has 152 valence electrons. The number of benzene rings is 1. The zero-order valence-electron chi connectivity index (χ0n) is 16.7. The lowest BCUT2D eigenvalue weighted by molar-refractivity contribution is 0.215. The molecule has 1 saturated heterocycles. The van der Waals surface area contributed by atoms with E-state index in [0.717, 1.165) is 12.8 Å². The van der Waals surface area contributed by atoms with Crippen LogP contribution < -0.4 is 4.65 Å². The molecule has 1 atom stereocenters. The van der Waals surface area contributed by atoms with Gasteiger partial charge in [-0.05, 0) is 55.2 Å². The minimum absolute atomic E-state index is 0.0718. The Balaban J connectivity index is 2.12. The molecule has 0 radical (unpaired) electrons. The Kier molecular flexibility index (Phi) is 6.81. The molecule has 0 aliphatic carbocycles. The number of hydrogen-bond donors (Lipinski definition) is 2. The van der Waals surface area contributed by atoms with Gasteiger partial charge in [0.1, 0.15) is 5.75 Å². The van der Waals surface area contributed by atoms with E-state index < -0.39 is 25.7 Å². The van der Waals surface area contributed by atoms with Crippen LogP contribution in [0.2, 0.25) is 18.1 Å². The molecule has 1 heterocycles. The van der Waals surface area contributed by atoms with Crippen molar-refractivity contribution in [3.05, 3.63) is 24.3 Å². The fourth-order valence-corrected chi connectivity index (χ4v) is 5.48. The summed E-state index contributed by atoms with van der Waals surface area (Å²) >= 11 is 0. The van der Waals surface area contributed by atoms with Crippen molar-refractivity contribution in [2.24, 2.45) is 0 Å². The zero-order chi connectivity index (χ0) is 20.5. The van der Waals surface area contributed by atoms with Crippen LogP contribution in [0, 0.1) is 0 Å². The molecule has 0 bridgehead atoms. The second-order valence-electron chi connectivity index (χ2n) is 8.40. The zero-order valence-corrected chi connectivity index (χ0v) is 18.5. The summed E-state index contributed by atoms with van der Waals surface area (Å²) in [6.07, 6.45) is 1.59. The van der Waals surface area contributed by atoms with E-state index >= 15 is 0 Å². The van der Waals surface area contributed by atoms with E-state index in [0.29, 0.717) is 13.2 Å². The molecule has 1 aliphatic rings. The van der Waals surface area contributed by atoms with E-state index in [2.05, 4.69) is 33.9 Å². The van der Waals surface area contributed by atoms with Crippen molar-refractivity contribution in [1.29, 1.82) is 0 Å². The standard InChI is InChI=1S/C17H30BNO6SSi/c1-17(2,3)27(4,5)24-13-14-7-6-12-19(14)26(22,23)16-10-8-15(9-11-16)25-18(20)21/h8-11,14,20-21H,6-7,12-13H2,1-5H3/t14-/m1/s1. The fraction of sp³-hybridized carbons (Fsp3) is 0.647. The second-order valence-corrected chi connectivity index (χ2v) is 15.1. The number of nitrogens with zero attached hydrogens (tertiary/aromatic N) is 1. The van der Waals surface area contributed by atoms with Crippen molar-refractivity contribution >= 4 is 25.7 Å². The van der Waals surface area contributed by atoms with Crippen LogP contribution in [0.1, 0.15) is 33.6 Å². The van der Waals surface area contributed by atoms with E-state index in [4.69, 9.17) is 19.1 Å². The highest BCUT2D eigenvalue weighted by molar-refractivity contribution is 7.89. The van der Waals surface area contributed by atoms with Crippen LogP contribution in [-0.4, -0.2) is 57.6 Å². The smallest absolute Gasteiger partial charge is 0.512 e. The molecule has 7 nitrogen and oxygen atoms in total. The van der Waals surface area contributed by atoms with Gasteiger partial charge in [0.25, 0.3) is 0 Å². The molecule has 2 N–H and O–H groups in total. The summed E-state index contributed by atoms with van der Waals surface area (Å²) in [5.41, 5.74) is 0. The first-order valence-electron chi connectivity index (χ1n) is 9.13. The van der Waals surface area contributed by atoms with Crippen molar-refractivity contribution in [1.82, 2.24) is 4.31 Å². The predicted molar refractivity (Wildman–Crippen MR) is 107 cm³/mol. The maximum Gasteiger partial charge on any atom is 0.707 e. The van der Waals surface area contributed by atoms with E-state index in [1.807, 2.05) is 0 Å². The van der Waals surface area contributed by atoms with Gasteiger partial charge in [-0.2, -0.15) is 4.31 Å². The molecule has 2 rings (SSSR count). The Bertz CT molecular complexity index is 733. The maximum atomic E-state index is 13.0. The molecule has 1 aromatic rings. The quantitative estimate of drug-likeness (QED) is 0.663. The van der Waals surface area contributed by atoms with Crippen molar-refractivity contribution in [3.8, 4) is 5.75 Å². The van der Waals surface area contributed by atoms with Gasteiger partial charge in [0.2, 0.25) is 10.0 Å². The van der Waals surface area contributed by atoms with Crippen LogP contribution in [0.3, 0.4) is 0 Å². The summed E-state index contributed by atoms with van der Waals surface area (Å²) in [4.78, 5) is 0.154. The predicted octanol–water partition coefficient (Wildman–Crippen LogP) is 2.21.